The van der Waals surface area contributed by atoms with Crippen molar-refractivity contribution >= 4 is 41.5 Å². The SMILES string of the molecule is CN=C(NCc1cccc(NC(=O)C2CCCO2)c1)N1CCOC(c2ccccc2C)C1.I. The van der Waals surface area contributed by atoms with E-state index >= 15 is 0 Å². The van der Waals surface area contributed by atoms with Crippen LogP contribution in [0.5, 0.6) is 0 Å². The van der Waals surface area contributed by atoms with Crippen LogP contribution in [0.1, 0.15) is 35.6 Å². The first-order chi connectivity index (χ1) is 15.6. The normalized spacial score (nSPS) is 20.8. The zero-order valence-electron chi connectivity index (χ0n) is 19.3. The molecule has 178 valence electrons. The van der Waals surface area contributed by atoms with Crippen LogP contribution in [0.4, 0.5) is 5.69 Å². The first-order valence-electron chi connectivity index (χ1n) is 11.3. The largest absolute Gasteiger partial charge is 0.370 e. The van der Waals surface area contributed by atoms with E-state index in [4.69, 9.17) is 9.47 Å². The summed E-state index contributed by atoms with van der Waals surface area (Å²) in [5.74, 6) is 0.777. The molecule has 2 heterocycles. The van der Waals surface area contributed by atoms with Gasteiger partial charge in [-0.1, -0.05) is 36.4 Å². The van der Waals surface area contributed by atoms with E-state index in [0.29, 0.717) is 19.8 Å². The second-order valence-corrected chi connectivity index (χ2v) is 8.25. The zero-order valence-corrected chi connectivity index (χ0v) is 21.6. The summed E-state index contributed by atoms with van der Waals surface area (Å²) in [6.45, 7) is 5.59. The van der Waals surface area contributed by atoms with Crippen LogP contribution in [0.3, 0.4) is 0 Å². The molecular weight excluding hydrogens is 531 g/mol. The predicted octanol–water partition coefficient (Wildman–Crippen LogP) is 3.88. The number of anilines is 1. The van der Waals surface area contributed by atoms with Crippen LogP contribution in [0, 0.1) is 6.92 Å². The zero-order chi connectivity index (χ0) is 22.3. The Balaban J connectivity index is 0.00000306. The second kappa shape index (κ2) is 12.3. The lowest BCUT2D eigenvalue weighted by molar-refractivity contribution is -0.124. The lowest BCUT2D eigenvalue weighted by atomic mass is 10.0. The van der Waals surface area contributed by atoms with Crippen molar-refractivity contribution < 1.29 is 14.3 Å². The van der Waals surface area contributed by atoms with Gasteiger partial charge in [0.15, 0.2) is 5.96 Å². The molecule has 0 spiro atoms. The van der Waals surface area contributed by atoms with E-state index < -0.39 is 0 Å². The highest BCUT2D eigenvalue weighted by Gasteiger charge is 2.25. The van der Waals surface area contributed by atoms with Gasteiger partial charge in [0.25, 0.3) is 5.91 Å². The Morgan fingerprint density at radius 2 is 2.00 bits per heavy atom. The minimum absolute atomic E-state index is 0. The van der Waals surface area contributed by atoms with Gasteiger partial charge in [0.1, 0.15) is 12.2 Å². The third-order valence-electron chi connectivity index (χ3n) is 5.98. The van der Waals surface area contributed by atoms with E-state index in [1.165, 1.54) is 11.1 Å². The molecule has 2 unspecified atom stereocenters. The Morgan fingerprint density at radius 3 is 2.76 bits per heavy atom. The number of aliphatic imine (C=N–C) groups is 1. The highest BCUT2D eigenvalue weighted by atomic mass is 127. The minimum atomic E-state index is -0.335. The first kappa shape index (κ1) is 25.5. The van der Waals surface area contributed by atoms with Crippen LogP contribution in [0.2, 0.25) is 0 Å². The molecule has 0 aliphatic carbocycles. The van der Waals surface area contributed by atoms with Gasteiger partial charge < -0.3 is 25.0 Å². The van der Waals surface area contributed by atoms with E-state index in [-0.39, 0.29) is 42.1 Å². The summed E-state index contributed by atoms with van der Waals surface area (Å²) in [5.41, 5.74) is 4.32. The van der Waals surface area contributed by atoms with Gasteiger partial charge in [-0.25, -0.2) is 0 Å². The van der Waals surface area contributed by atoms with Crippen molar-refractivity contribution in [3.05, 3.63) is 65.2 Å². The summed E-state index contributed by atoms with van der Waals surface area (Å²) < 4.78 is 11.5. The maximum Gasteiger partial charge on any atom is 0.253 e. The monoisotopic (exact) mass is 564 g/mol. The smallest absolute Gasteiger partial charge is 0.253 e. The Bertz CT molecular complexity index is 962. The molecule has 2 atom stereocenters. The van der Waals surface area contributed by atoms with E-state index in [0.717, 1.165) is 43.1 Å². The molecule has 2 aliphatic rings. The van der Waals surface area contributed by atoms with E-state index in [1.54, 1.807) is 7.05 Å². The number of carbonyl (C=O) groups excluding carboxylic acids is 1. The topological polar surface area (TPSA) is 75.2 Å². The summed E-state index contributed by atoms with van der Waals surface area (Å²) in [6.07, 6.45) is 1.41. The highest BCUT2D eigenvalue weighted by Crippen LogP contribution is 2.25. The van der Waals surface area contributed by atoms with Crippen molar-refractivity contribution in [2.24, 2.45) is 4.99 Å². The lowest BCUT2D eigenvalue weighted by Gasteiger charge is -2.35. The maximum absolute atomic E-state index is 12.3. The fourth-order valence-electron chi connectivity index (χ4n) is 4.26. The Hall–Kier alpha value is -2.17. The number of carbonyl (C=O) groups is 1. The molecule has 33 heavy (non-hydrogen) atoms. The van der Waals surface area contributed by atoms with Gasteiger partial charge in [-0.2, -0.15) is 0 Å². The number of hydrogen-bond donors (Lipinski definition) is 2. The van der Waals surface area contributed by atoms with Gasteiger partial charge in [-0.15, -0.1) is 24.0 Å². The number of halogens is 1. The van der Waals surface area contributed by atoms with E-state index in [9.17, 15) is 4.79 Å². The number of nitrogens with zero attached hydrogens (tertiary/aromatic N) is 2. The van der Waals surface area contributed by atoms with Crippen molar-refractivity contribution in [3.63, 3.8) is 0 Å². The molecule has 1 amide bonds. The lowest BCUT2D eigenvalue weighted by Crippen LogP contribution is -2.48. The number of aryl methyl sites for hydroxylation is 1. The number of rotatable bonds is 5. The van der Waals surface area contributed by atoms with Gasteiger partial charge in [-0.3, -0.25) is 9.79 Å². The molecule has 2 N–H and O–H groups in total. The molecule has 2 aromatic rings. The molecule has 7 nitrogen and oxygen atoms in total. The summed E-state index contributed by atoms with van der Waals surface area (Å²) in [4.78, 5) is 19.1. The maximum atomic E-state index is 12.3. The summed E-state index contributed by atoms with van der Waals surface area (Å²) in [6, 6.07) is 16.2. The third kappa shape index (κ3) is 6.68. The number of hydrogen-bond acceptors (Lipinski definition) is 4. The quantitative estimate of drug-likeness (QED) is 0.328. The predicted molar refractivity (Wildman–Crippen MR) is 141 cm³/mol. The van der Waals surface area contributed by atoms with Crippen LogP contribution < -0.4 is 10.6 Å². The number of nitrogens with one attached hydrogen (secondary N) is 2. The molecule has 0 aromatic heterocycles. The number of amides is 1. The van der Waals surface area contributed by atoms with Gasteiger partial charge in [-0.05, 0) is 48.6 Å². The average Bonchev–Trinajstić information content (AvgIpc) is 3.36. The number of ether oxygens (including phenoxy) is 2. The van der Waals surface area contributed by atoms with Gasteiger partial charge in [0.05, 0.1) is 13.2 Å². The summed E-state index contributed by atoms with van der Waals surface area (Å²) >= 11 is 0. The van der Waals surface area contributed by atoms with Crippen molar-refractivity contribution in [3.8, 4) is 0 Å². The molecule has 8 heteroatoms. The first-order valence-corrected chi connectivity index (χ1v) is 11.3. The molecule has 2 fully saturated rings. The Kier molecular flexibility index (Phi) is 9.52. The van der Waals surface area contributed by atoms with Crippen molar-refractivity contribution in [2.75, 3.05) is 38.7 Å². The third-order valence-corrected chi connectivity index (χ3v) is 5.98. The van der Waals surface area contributed by atoms with Gasteiger partial charge >= 0.3 is 0 Å². The fourth-order valence-corrected chi connectivity index (χ4v) is 4.26. The summed E-state index contributed by atoms with van der Waals surface area (Å²) in [5, 5.41) is 6.43. The van der Waals surface area contributed by atoms with Gasteiger partial charge in [0, 0.05) is 32.4 Å². The average molecular weight is 564 g/mol. The van der Waals surface area contributed by atoms with Crippen LogP contribution >= 0.6 is 24.0 Å². The Labute approximate surface area is 213 Å². The molecule has 2 aliphatic heterocycles. The van der Waals surface area contributed by atoms with Crippen molar-refractivity contribution in [1.82, 2.24) is 10.2 Å². The molecule has 2 saturated heterocycles. The number of guanidine groups is 1. The van der Waals surface area contributed by atoms with Crippen LogP contribution in [0.15, 0.2) is 53.5 Å². The van der Waals surface area contributed by atoms with Gasteiger partial charge in [0.2, 0.25) is 0 Å². The van der Waals surface area contributed by atoms with Crippen molar-refractivity contribution in [1.29, 1.82) is 0 Å². The number of benzene rings is 2. The van der Waals surface area contributed by atoms with Crippen molar-refractivity contribution in [2.45, 2.75) is 38.5 Å². The van der Waals surface area contributed by atoms with Crippen LogP contribution in [-0.2, 0) is 20.8 Å². The highest BCUT2D eigenvalue weighted by molar-refractivity contribution is 14.0. The fraction of sp³-hybridized carbons (Fsp3) is 0.440. The molecule has 0 radical (unpaired) electrons. The molecule has 0 bridgehead atoms. The standard InChI is InChI=1S/C25H32N4O3.HI/c1-18-7-3-4-10-21(18)23-17-29(12-14-32-23)25(26-2)27-16-19-8-5-9-20(15-19)28-24(30)22-11-6-13-31-22;/h3-5,7-10,15,22-23H,6,11-14,16-17H2,1-2H3,(H,26,27)(H,28,30);1H. The molecule has 2 aromatic carbocycles. The van der Waals surface area contributed by atoms with E-state index in [2.05, 4.69) is 51.7 Å². The van der Waals surface area contributed by atoms with Crippen LogP contribution in [-0.4, -0.2) is 56.2 Å². The minimum Gasteiger partial charge on any atom is -0.370 e. The summed E-state index contributed by atoms with van der Waals surface area (Å²) in [7, 11) is 1.80. The Morgan fingerprint density at radius 1 is 1.15 bits per heavy atom. The van der Waals surface area contributed by atoms with Crippen LogP contribution in [0.25, 0.3) is 0 Å². The number of morpholine rings is 1. The second-order valence-electron chi connectivity index (χ2n) is 8.25. The molecule has 0 saturated carbocycles. The molecular formula is C25H33IN4O3. The van der Waals surface area contributed by atoms with E-state index in [1.807, 2.05) is 24.3 Å². The molecule has 4 rings (SSSR count).